The fourth-order valence-corrected chi connectivity index (χ4v) is 2.36. The Bertz CT molecular complexity index is 476. The van der Waals surface area contributed by atoms with Gasteiger partial charge < -0.3 is 10.3 Å². The number of nitrogens with two attached hydrogens (primary N) is 1. The molecule has 4 nitrogen and oxygen atoms in total. The van der Waals surface area contributed by atoms with Crippen molar-refractivity contribution in [2.24, 2.45) is 0 Å². The number of anilines is 1. The van der Waals surface area contributed by atoms with Gasteiger partial charge in [0.15, 0.2) is 0 Å². The second-order valence-electron chi connectivity index (χ2n) is 5.17. The van der Waals surface area contributed by atoms with E-state index in [-0.39, 0.29) is 0 Å². The molecule has 0 spiro atoms. The molecule has 1 aromatic carbocycles. The van der Waals surface area contributed by atoms with Crippen LogP contribution in [0.3, 0.4) is 0 Å². The van der Waals surface area contributed by atoms with Crippen LogP contribution in [-0.2, 0) is 13.1 Å². The largest absolute Gasteiger partial charge is 0.399 e. The first kappa shape index (κ1) is 14.6. The average Bonchev–Trinajstić information content (AvgIpc) is 2.95. The van der Waals surface area contributed by atoms with Gasteiger partial charge in [-0.25, -0.2) is 4.98 Å². The number of aryl methyl sites for hydroxylation is 1. The van der Waals surface area contributed by atoms with Crippen molar-refractivity contribution in [1.29, 1.82) is 0 Å². The van der Waals surface area contributed by atoms with E-state index in [4.69, 9.17) is 5.73 Å². The maximum Gasteiger partial charge on any atom is 0.0945 e. The summed E-state index contributed by atoms with van der Waals surface area (Å²) in [7, 11) is 0. The summed E-state index contributed by atoms with van der Waals surface area (Å²) >= 11 is 0. The zero-order valence-electron chi connectivity index (χ0n) is 12.2. The molecule has 0 fully saturated rings. The number of rotatable bonds is 8. The zero-order valence-corrected chi connectivity index (χ0v) is 12.2. The molecule has 108 valence electrons. The number of benzene rings is 1. The van der Waals surface area contributed by atoms with Gasteiger partial charge >= 0.3 is 0 Å². The third-order valence-electron chi connectivity index (χ3n) is 3.38. The molecule has 0 bridgehead atoms. The minimum Gasteiger partial charge on any atom is -0.399 e. The lowest BCUT2D eigenvalue weighted by molar-refractivity contribution is 0.257. The van der Waals surface area contributed by atoms with Crippen molar-refractivity contribution >= 4 is 5.69 Å². The lowest BCUT2D eigenvalue weighted by Gasteiger charge is -2.22. The second-order valence-corrected chi connectivity index (χ2v) is 5.17. The topological polar surface area (TPSA) is 47.1 Å². The van der Waals surface area contributed by atoms with Crippen molar-refractivity contribution in [3.8, 4) is 0 Å². The van der Waals surface area contributed by atoms with Crippen molar-refractivity contribution in [1.82, 2.24) is 14.5 Å². The molecule has 1 heterocycles. The zero-order chi connectivity index (χ0) is 14.2. The minimum absolute atomic E-state index is 0.830. The van der Waals surface area contributed by atoms with Crippen LogP contribution in [0.25, 0.3) is 0 Å². The van der Waals surface area contributed by atoms with Crippen LogP contribution in [-0.4, -0.2) is 27.5 Å². The van der Waals surface area contributed by atoms with Gasteiger partial charge in [-0.3, -0.25) is 4.90 Å². The molecule has 0 aliphatic carbocycles. The van der Waals surface area contributed by atoms with Gasteiger partial charge in [0.1, 0.15) is 0 Å². The predicted molar refractivity (Wildman–Crippen MR) is 83.3 cm³/mol. The van der Waals surface area contributed by atoms with Crippen LogP contribution in [0.2, 0.25) is 0 Å². The second kappa shape index (κ2) is 7.70. The minimum atomic E-state index is 0.830. The van der Waals surface area contributed by atoms with E-state index in [1.54, 1.807) is 0 Å². The fourth-order valence-electron chi connectivity index (χ4n) is 2.36. The summed E-state index contributed by atoms with van der Waals surface area (Å²) < 4.78 is 2.13. The molecule has 2 N–H and O–H groups in total. The lowest BCUT2D eigenvalue weighted by atomic mass is 10.2. The van der Waals surface area contributed by atoms with E-state index >= 15 is 0 Å². The highest BCUT2D eigenvalue weighted by molar-refractivity contribution is 5.39. The third-order valence-corrected chi connectivity index (χ3v) is 3.38. The maximum atomic E-state index is 5.73. The molecule has 0 aliphatic heterocycles. The summed E-state index contributed by atoms with van der Waals surface area (Å²) in [5.74, 6) is 0. The SMILES string of the molecule is CCCN(CCCn1ccnc1)Cc1ccc(N)cc1. The molecular formula is C16H24N4. The van der Waals surface area contributed by atoms with Gasteiger partial charge in [-0.05, 0) is 37.1 Å². The summed E-state index contributed by atoms with van der Waals surface area (Å²) in [6.45, 7) is 6.50. The molecule has 0 radical (unpaired) electrons. The Morgan fingerprint density at radius 2 is 2.00 bits per heavy atom. The van der Waals surface area contributed by atoms with Crippen molar-refractivity contribution in [2.75, 3.05) is 18.8 Å². The van der Waals surface area contributed by atoms with Crippen molar-refractivity contribution < 1.29 is 0 Å². The van der Waals surface area contributed by atoms with Crippen molar-refractivity contribution in [2.45, 2.75) is 32.9 Å². The Morgan fingerprint density at radius 3 is 2.65 bits per heavy atom. The van der Waals surface area contributed by atoms with Crippen LogP contribution in [0.4, 0.5) is 5.69 Å². The molecule has 20 heavy (non-hydrogen) atoms. The first-order chi connectivity index (χ1) is 9.78. The van der Waals surface area contributed by atoms with Crippen LogP contribution < -0.4 is 5.73 Å². The Hall–Kier alpha value is -1.81. The quantitative estimate of drug-likeness (QED) is 0.752. The highest BCUT2D eigenvalue weighted by Crippen LogP contribution is 2.09. The summed E-state index contributed by atoms with van der Waals surface area (Å²) in [5, 5.41) is 0. The molecule has 0 amide bonds. The summed E-state index contributed by atoms with van der Waals surface area (Å²) in [4.78, 5) is 6.57. The number of nitrogen functional groups attached to an aromatic ring is 1. The number of nitrogens with zero attached hydrogens (tertiary/aromatic N) is 3. The molecule has 4 heteroatoms. The Kier molecular flexibility index (Phi) is 5.62. The highest BCUT2D eigenvalue weighted by atomic mass is 15.1. The average molecular weight is 272 g/mol. The van der Waals surface area contributed by atoms with Crippen LogP contribution in [0.5, 0.6) is 0 Å². The van der Waals surface area contributed by atoms with E-state index in [1.165, 1.54) is 12.0 Å². The summed E-state index contributed by atoms with van der Waals surface area (Å²) in [6.07, 6.45) is 8.05. The standard InChI is InChI=1S/C16H24N4/c1-2-9-19(10-3-11-20-12-8-18-14-20)13-15-4-6-16(17)7-5-15/h4-8,12,14H,2-3,9-11,13,17H2,1H3. The van der Waals surface area contributed by atoms with E-state index in [0.29, 0.717) is 0 Å². The Morgan fingerprint density at radius 1 is 1.20 bits per heavy atom. The molecule has 0 saturated carbocycles. The van der Waals surface area contributed by atoms with Gasteiger partial charge in [-0.15, -0.1) is 0 Å². The van der Waals surface area contributed by atoms with Crippen molar-refractivity contribution in [3.63, 3.8) is 0 Å². The van der Waals surface area contributed by atoms with Gasteiger partial charge in [0.2, 0.25) is 0 Å². The molecule has 1 aromatic heterocycles. The number of imidazole rings is 1. The van der Waals surface area contributed by atoms with Crippen LogP contribution in [0.1, 0.15) is 25.3 Å². The van der Waals surface area contributed by atoms with Crippen molar-refractivity contribution in [3.05, 3.63) is 48.5 Å². The molecule has 0 aliphatic rings. The number of aromatic nitrogens is 2. The first-order valence-electron chi connectivity index (χ1n) is 7.30. The van der Waals surface area contributed by atoms with Gasteiger partial charge in [0.25, 0.3) is 0 Å². The van der Waals surface area contributed by atoms with Crippen LogP contribution in [0.15, 0.2) is 43.0 Å². The van der Waals surface area contributed by atoms with E-state index in [2.05, 4.69) is 33.5 Å². The van der Waals surface area contributed by atoms with Gasteiger partial charge in [-0.2, -0.15) is 0 Å². The molecule has 2 aromatic rings. The molecule has 2 rings (SSSR count). The molecule has 0 saturated heterocycles. The number of hydrogen-bond acceptors (Lipinski definition) is 3. The van der Waals surface area contributed by atoms with Crippen LogP contribution >= 0.6 is 0 Å². The Labute approximate surface area is 121 Å². The summed E-state index contributed by atoms with van der Waals surface area (Å²) in [5.41, 5.74) is 7.89. The van der Waals surface area contributed by atoms with Gasteiger partial charge in [0.05, 0.1) is 6.33 Å². The third kappa shape index (κ3) is 4.70. The molecule has 0 unspecified atom stereocenters. The van der Waals surface area contributed by atoms with E-state index in [0.717, 1.165) is 38.3 Å². The normalized spacial score (nSPS) is 11.1. The van der Waals surface area contributed by atoms with Crippen LogP contribution in [0, 0.1) is 0 Å². The Balaban J connectivity index is 1.81. The van der Waals surface area contributed by atoms with E-state index < -0.39 is 0 Å². The lowest BCUT2D eigenvalue weighted by Crippen LogP contribution is -2.26. The number of hydrogen-bond donors (Lipinski definition) is 1. The smallest absolute Gasteiger partial charge is 0.0945 e. The summed E-state index contributed by atoms with van der Waals surface area (Å²) in [6, 6.07) is 8.19. The highest BCUT2D eigenvalue weighted by Gasteiger charge is 2.05. The van der Waals surface area contributed by atoms with Gasteiger partial charge in [-0.1, -0.05) is 19.1 Å². The van der Waals surface area contributed by atoms with E-state index in [9.17, 15) is 0 Å². The fraction of sp³-hybridized carbons (Fsp3) is 0.438. The van der Waals surface area contributed by atoms with Gasteiger partial charge in [0, 0.05) is 37.7 Å². The predicted octanol–water partition coefficient (Wildman–Crippen LogP) is 2.77. The first-order valence-corrected chi connectivity index (χ1v) is 7.30. The van der Waals surface area contributed by atoms with E-state index in [1.807, 2.05) is 30.9 Å². The molecular weight excluding hydrogens is 248 g/mol. The molecule has 0 atom stereocenters. The monoisotopic (exact) mass is 272 g/mol. The maximum absolute atomic E-state index is 5.73.